The van der Waals surface area contributed by atoms with Crippen molar-refractivity contribution in [2.24, 2.45) is 0 Å². The highest BCUT2D eigenvalue weighted by Gasteiger charge is 2.18. The van der Waals surface area contributed by atoms with Gasteiger partial charge in [0.1, 0.15) is 0 Å². The van der Waals surface area contributed by atoms with Crippen molar-refractivity contribution in [3.05, 3.63) is 89.5 Å². The lowest BCUT2D eigenvalue weighted by Gasteiger charge is -2.36. The third kappa shape index (κ3) is 5.65. The second-order valence-electron chi connectivity index (χ2n) is 8.12. The van der Waals surface area contributed by atoms with Crippen LogP contribution < -0.4 is 19.7 Å². The molecule has 1 fully saturated rings. The minimum Gasteiger partial charge on any atom is -0.493 e. The van der Waals surface area contributed by atoms with Crippen LogP contribution >= 0.6 is 0 Å². The Balaban J connectivity index is 1.35. The van der Waals surface area contributed by atoms with E-state index in [0.29, 0.717) is 23.6 Å². The van der Waals surface area contributed by atoms with Crippen LogP contribution in [0.5, 0.6) is 11.5 Å². The minimum atomic E-state index is -0.137. The quantitative estimate of drug-likeness (QED) is 0.569. The number of nitrogens with one attached hydrogen (secondary N) is 1. The summed E-state index contributed by atoms with van der Waals surface area (Å²) in [5.41, 5.74) is 4.22. The van der Waals surface area contributed by atoms with Gasteiger partial charge < -0.3 is 19.7 Å². The van der Waals surface area contributed by atoms with Gasteiger partial charge in [-0.1, -0.05) is 42.5 Å². The number of benzene rings is 3. The fourth-order valence-electron chi connectivity index (χ4n) is 4.18. The monoisotopic (exact) mass is 445 g/mol. The first kappa shape index (κ1) is 22.7. The highest BCUT2D eigenvalue weighted by Crippen LogP contribution is 2.27. The molecule has 0 bridgehead atoms. The number of hydrogen-bond donors (Lipinski definition) is 1. The second kappa shape index (κ2) is 10.9. The van der Waals surface area contributed by atoms with Gasteiger partial charge in [0, 0.05) is 50.5 Å². The lowest BCUT2D eigenvalue weighted by atomic mass is 10.1. The van der Waals surface area contributed by atoms with Crippen LogP contribution in [0, 0.1) is 0 Å². The summed E-state index contributed by atoms with van der Waals surface area (Å²) < 4.78 is 10.6. The molecular formula is C27H31N3O3. The summed E-state index contributed by atoms with van der Waals surface area (Å²) in [4.78, 5) is 17.7. The van der Waals surface area contributed by atoms with Crippen LogP contribution in [0.15, 0.2) is 72.8 Å². The number of piperazine rings is 1. The summed E-state index contributed by atoms with van der Waals surface area (Å²) in [7, 11) is 3.14. The molecule has 4 rings (SSSR count). The molecule has 0 aliphatic carbocycles. The van der Waals surface area contributed by atoms with Crippen LogP contribution in [0.1, 0.15) is 21.5 Å². The van der Waals surface area contributed by atoms with Gasteiger partial charge in [-0.2, -0.15) is 0 Å². The molecule has 0 atom stereocenters. The molecule has 1 heterocycles. The Labute approximate surface area is 195 Å². The molecule has 3 aromatic carbocycles. The molecule has 1 amide bonds. The maximum Gasteiger partial charge on any atom is 0.251 e. The third-order valence-corrected chi connectivity index (χ3v) is 6.09. The highest BCUT2D eigenvalue weighted by molar-refractivity contribution is 5.94. The van der Waals surface area contributed by atoms with E-state index >= 15 is 0 Å². The Morgan fingerprint density at radius 1 is 0.818 bits per heavy atom. The van der Waals surface area contributed by atoms with Gasteiger partial charge in [0.2, 0.25) is 0 Å². The summed E-state index contributed by atoms with van der Waals surface area (Å²) in [6.45, 7) is 5.42. The number of carbonyl (C=O) groups excluding carboxylic acids is 1. The molecule has 1 saturated heterocycles. The zero-order chi connectivity index (χ0) is 23.0. The minimum absolute atomic E-state index is 0.137. The van der Waals surface area contributed by atoms with Crippen molar-refractivity contribution < 1.29 is 14.3 Å². The smallest absolute Gasteiger partial charge is 0.251 e. The molecule has 6 nitrogen and oxygen atoms in total. The Morgan fingerprint density at radius 3 is 2.18 bits per heavy atom. The van der Waals surface area contributed by atoms with Crippen LogP contribution in [0.3, 0.4) is 0 Å². The first-order valence-corrected chi connectivity index (χ1v) is 11.3. The standard InChI is InChI=1S/C27H31N3O3/c1-32-25-13-12-21(18-26(25)33-2)27(31)28-19-22-8-6-7-9-23(22)20-29-14-16-30(17-15-29)24-10-4-3-5-11-24/h3-13,18H,14-17,19-20H2,1-2H3,(H,28,31). The van der Waals surface area contributed by atoms with Crippen molar-refractivity contribution >= 4 is 11.6 Å². The largest absolute Gasteiger partial charge is 0.493 e. The Hall–Kier alpha value is -3.51. The van der Waals surface area contributed by atoms with Gasteiger partial charge in [0.05, 0.1) is 14.2 Å². The average molecular weight is 446 g/mol. The number of nitrogens with zero attached hydrogens (tertiary/aromatic N) is 2. The van der Waals surface area contributed by atoms with Gasteiger partial charge in [-0.05, 0) is 41.5 Å². The predicted molar refractivity (Wildman–Crippen MR) is 131 cm³/mol. The second-order valence-corrected chi connectivity index (χ2v) is 8.12. The van der Waals surface area contributed by atoms with Gasteiger partial charge in [0.25, 0.3) is 5.91 Å². The molecule has 0 aromatic heterocycles. The summed E-state index contributed by atoms with van der Waals surface area (Å²) in [6.07, 6.45) is 0. The summed E-state index contributed by atoms with van der Waals surface area (Å²) >= 11 is 0. The normalized spacial score (nSPS) is 14.1. The molecule has 0 saturated carbocycles. The predicted octanol–water partition coefficient (Wildman–Crippen LogP) is 3.96. The fourth-order valence-corrected chi connectivity index (χ4v) is 4.18. The molecule has 1 aliphatic rings. The van der Waals surface area contributed by atoms with E-state index < -0.39 is 0 Å². The van der Waals surface area contributed by atoms with Gasteiger partial charge in [-0.15, -0.1) is 0 Å². The molecule has 172 valence electrons. The third-order valence-electron chi connectivity index (χ3n) is 6.09. The fraction of sp³-hybridized carbons (Fsp3) is 0.296. The number of anilines is 1. The average Bonchev–Trinajstić information content (AvgIpc) is 2.88. The number of methoxy groups -OCH3 is 2. The van der Waals surface area contributed by atoms with E-state index in [4.69, 9.17) is 9.47 Å². The molecule has 0 unspecified atom stereocenters. The number of ether oxygens (including phenoxy) is 2. The van der Waals surface area contributed by atoms with Crippen LogP contribution in [0.25, 0.3) is 0 Å². The molecule has 3 aromatic rings. The van der Waals surface area contributed by atoms with E-state index in [2.05, 4.69) is 63.6 Å². The Kier molecular flexibility index (Phi) is 7.47. The molecule has 6 heteroatoms. The zero-order valence-electron chi connectivity index (χ0n) is 19.3. The van der Waals surface area contributed by atoms with E-state index in [1.807, 2.05) is 6.07 Å². The SMILES string of the molecule is COc1ccc(C(=O)NCc2ccccc2CN2CCN(c3ccccc3)CC2)cc1OC. The number of para-hydroxylation sites is 1. The highest BCUT2D eigenvalue weighted by atomic mass is 16.5. The van der Waals surface area contributed by atoms with Crippen molar-refractivity contribution in [2.45, 2.75) is 13.1 Å². The number of amides is 1. The maximum atomic E-state index is 12.7. The molecule has 1 aliphatic heterocycles. The lowest BCUT2D eigenvalue weighted by Crippen LogP contribution is -2.46. The van der Waals surface area contributed by atoms with E-state index in [0.717, 1.165) is 38.3 Å². The van der Waals surface area contributed by atoms with E-state index in [1.54, 1.807) is 32.4 Å². The van der Waals surface area contributed by atoms with Crippen molar-refractivity contribution in [3.8, 4) is 11.5 Å². The topological polar surface area (TPSA) is 54.0 Å². The molecule has 33 heavy (non-hydrogen) atoms. The molecule has 1 N–H and O–H groups in total. The van der Waals surface area contributed by atoms with Gasteiger partial charge in [-0.3, -0.25) is 9.69 Å². The first-order valence-electron chi connectivity index (χ1n) is 11.3. The number of hydrogen-bond acceptors (Lipinski definition) is 5. The summed E-state index contributed by atoms with van der Waals surface area (Å²) in [5, 5.41) is 3.05. The molecule has 0 radical (unpaired) electrons. The van der Waals surface area contributed by atoms with Crippen molar-refractivity contribution in [3.63, 3.8) is 0 Å². The van der Waals surface area contributed by atoms with Crippen LogP contribution in [-0.2, 0) is 13.1 Å². The van der Waals surface area contributed by atoms with Crippen LogP contribution in [0.4, 0.5) is 5.69 Å². The first-order chi connectivity index (χ1) is 16.2. The number of rotatable bonds is 8. The number of carbonyl (C=O) groups is 1. The zero-order valence-corrected chi connectivity index (χ0v) is 19.3. The summed E-state index contributed by atoms with van der Waals surface area (Å²) in [6, 6.07) is 24.1. The van der Waals surface area contributed by atoms with Gasteiger partial charge in [-0.25, -0.2) is 0 Å². The van der Waals surface area contributed by atoms with Crippen LogP contribution in [-0.4, -0.2) is 51.2 Å². The molecule has 0 spiro atoms. The van der Waals surface area contributed by atoms with Gasteiger partial charge in [0.15, 0.2) is 11.5 Å². The van der Waals surface area contributed by atoms with Crippen molar-refractivity contribution in [2.75, 3.05) is 45.3 Å². The van der Waals surface area contributed by atoms with E-state index in [9.17, 15) is 4.79 Å². The van der Waals surface area contributed by atoms with Crippen molar-refractivity contribution in [1.82, 2.24) is 10.2 Å². The van der Waals surface area contributed by atoms with E-state index in [-0.39, 0.29) is 5.91 Å². The van der Waals surface area contributed by atoms with E-state index in [1.165, 1.54) is 11.3 Å². The lowest BCUT2D eigenvalue weighted by molar-refractivity contribution is 0.0950. The summed E-state index contributed by atoms with van der Waals surface area (Å²) in [5.74, 6) is 1.01. The Bertz CT molecular complexity index is 1060. The Morgan fingerprint density at radius 2 is 1.48 bits per heavy atom. The van der Waals surface area contributed by atoms with Gasteiger partial charge >= 0.3 is 0 Å². The van der Waals surface area contributed by atoms with Crippen molar-refractivity contribution in [1.29, 1.82) is 0 Å². The molecular weight excluding hydrogens is 414 g/mol. The maximum absolute atomic E-state index is 12.7. The van der Waals surface area contributed by atoms with Crippen LogP contribution in [0.2, 0.25) is 0 Å².